The van der Waals surface area contributed by atoms with Crippen LogP contribution in [0.3, 0.4) is 0 Å². The summed E-state index contributed by atoms with van der Waals surface area (Å²) in [4.78, 5) is 42.8. The molecule has 8 heteroatoms. The average Bonchev–Trinajstić information content (AvgIpc) is 3.00. The van der Waals surface area contributed by atoms with Crippen LogP contribution in [0.15, 0.2) is 24.3 Å². The Kier molecular flexibility index (Phi) is 7.35. The molecule has 1 aromatic rings. The Morgan fingerprint density at radius 3 is 2.48 bits per heavy atom. The van der Waals surface area contributed by atoms with E-state index in [2.05, 4.69) is 22.2 Å². The number of imide groups is 1. The molecule has 2 aliphatic heterocycles. The topological polar surface area (TPSA) is 82.2 Å². The lowest BCUT2D eigenvalue weighted by Gasteiger charge is -2.32. The van der Waals surface area contributed by atoms with E-state index < -0.39 is 12.0 Å². The zero-order chi connectivity index (χ0) is 20.8. The summed E-state index contributed by atoms with van der Waals surface area (Å²) in [5.74, 6) is -0.882. The van der Waals surface area contributed by atoms with Crippen LogP contribution in [0.2, 0.25) is 0 Å². The van der Waals surface area contributed by atoms with Gasteiger partial charge in [0.1, 0.15) is 0 Å². The molecular weight excluding hydrogens is 372 g/mol. The van der Waals surface area contributed by atoms with E-state index in [1.165, 1.54) is 4.90 Å². The molecule has 8 nitrogen and oxygen atoms in total. The molecule has 0 spiro atoms. The normalized spacial score (nSPS) is 21.0. The van der Waals surface area contributed by atoms with Gasteiger partial charge >= 0.3 is 5.97 Å². The molecular formula is C21H30N4O4. The van der Waals surface area contributed by atoms with Gasteiger partial charge < -0.3 is 19.9 Å². The first-order valence-corrected chi connectivity index (χ1v) is 10.3. The minimum atomic E-state index is -0.486. The summed E-state index contributed by atoms with van der Waals surface area (Å²) >= 11 is 0. The quantitative estimate of drug-likeness (QED) is 0.390. The average molecular weight is 402 g/mol. The molecule has 1 N–H and O–H groups in total. The van der Waals surface area contributed by atoms with Crippen LogP contribution in [0.5, 0.6) is 0 Å². The molecule has 1 unspecified atom stereocenters. The number of carbonyl (C=O) groups excluding carboxylic acids is 3. The fourth-order valence-corrected chi connectivity index (χ4v) is 3.67. The number of carbonyl (C=O) groups is 3. The number of nitrogens with zero attached hydrogens (tertiary/aromatic N) is 3. The number of piperazine rings is 1. The first-order chi connectivity index (χ1) is 14.0. The lowest BCUT2D eigenvalue weighted by atomic mass is 10.2. The molecule has 2 fully saturated rings. The van der Waals surface area contributed by atoms with Gasteiger partial charge in [0.15, 0.2) is 0 Å². The Balaban J connectivity index is 1.48. The van der Waals surface area contributed by atoms with Crippen LogP contribution in [0.4, 0.5) is 5.69 Å². The van der Waals surface area contributed by atoms with Gasteiger partial charge in [-0.3, -0.25) is 9.59 Å². The highest BCUT2D eigenvalue weighted by Crippen LogP contribution is 2.23. The maximum atomic E-state index is 12.7. The highest BCUT2D eigenvalue weighted by molar-refractivity contribution is 6.22. The third-order valence-electron chi connectivity index (χ3n) is 5.42. The number of hydrogen-bond acceptors (Lipinski definition) is 7. The molecule has 2 aliphatic rings. The number of benzene rings is 1. The van der Waals surface area contributed by atoms with E-state index in [1.54, 1.807) is 31.2 Å². The summed E-state index contributed by atoms with van der Waals surface area (Å²) in [6.07, 6.45) is 1.10. The van der Waals surface area contributed by atoms with Crippen LogP contribution in [0.1, 0.15) is 30.1 Å². The second kappa shape index (κ2) is 9.96. The van der Waals surface area contributed by atoms with Crippen LogP contribution in [0.25, 0.3) is 0 Å². The predicted molar refractivity (Wildman–Crippen MR) is 110 cm³/mol. The van der Waals surface area contributed by atoms with Gasteiger partial charge in [0.2, 0.25) is 5.91 Å². The van der Waals surface area contributed by atoms with Crippen molar-refractivity contribution in [2.75, 3.05) is 57.8 Å². The van der Waals surface area contributed by atoms with Gasteiger partial charge in [-0.15, -0.1) is 0 Å². The highest BCUT2D eigenvalue weighted by atomic mass is 16.5. The van der Waals surface area contributed by atoms with Crippen molar-refractivity contribution in [1.29, 1.82) is 0 Å². The Labute approximate surface area is 171 Å². The van der Waals surface area contributed by atoms with E-state index >= 15 is 0 Å². The van der Waals surface area contributed by atoms with Crippen molar-refractivity contribution in [1.82, 2.24) is 15.1 Å². The minimum absolute atomic E-state index is 0.160. The van der Waals surface area contributed by atoms with Gasteiger partial charge in [0.05, 0.1) is 30.3 Å². The maximum absolute atomic E-state index is 12.7. The second-order valence-electron chi connectivity index (χ2n) is 7.54. The van der Waals surface area contributed by atoms with Crippen molar-refractivity contribution in [3.05, 3.63) is 29.8 Å². The van der Waals surface area contributed by atoms with Gasteiger partial charge in [0.25, 0.3) is 5.91 Å². The maximum Gasteiger partial charge on any atom is 0.338 e. The second-order valence-corrected chi connectivity index (χ2v) is 7.54. The zero-order valence-corrected chi connectivity index (χ0v) is 17.2. The van der Waals surface area contributed by atoms with Crippen LogP contribution < -0.4 is 10.2 Å². The Hall–Kier alpha value is -2.29. The Morgan fingerprint density at radius 2 is 1.83 bits per heavy atom. The summed E-state index contributed by atoms with van der Waals surface area (Å²) in [5, 5.41) is 3.23. The summed E-state index contributed by atoms with van der Waals surface area (Å²) in [7, 11) is 2.14. The van der Waals surface area contributed by atoms with E-state index in [-0.39, 0.29) is 18.2 Å². The number of amides is 2. The van der Waals surface area contributed by atoms with Gasteiger partial charge in [0, 0.05) is 26.2 Å². The van der Waals surface area contributed by atoms with E-state index in [4.69, 9.17) is 4.74 Å². The largest absolute Gasteiger partial charge is 0.462 e. The monoisotopic (exact) mass is 402 g/mol. The number of hydrogen-bond donors (Lipinski definition) is 1. The number of anilines is 1. The summed E-state index contributed by atoms with van der Waals surface area (Å²) in [6.45, 7) is 8.07. The Bertz CT molecular complexity index is 729. The molecule has 3 rings (SSSR count). The molecule has 1 atom stereocenters. The van der Waals surface area contributed by atoms with E-state index in [0.29, 0.717) is 24.4 Å². The minimum Gasteiger partial charge on any atom is -0.462 e. The fraction of sp³-hybridized carbons (Fsp3) is 0.571. The molecule has 2 heterocycles. The van der Waals surface area contributed by atoms with E-state index in [0.717, 1.165) is 39.1 Å². The lowest BCUT2D eigenvalue weighted by molar-refractivity contribution is -0.121. The first kappa shape index (κ1) is 21.4. The predicted octanol–water partition coefficient (Wildman–Crippen LogP) is 0.722. The molecule has 0 radical (unpaired) electrons. The number of rotatable bonds is 8. The number of esters is 1. The van der Waals surface area contributed by atoms with Crippen LogP contribution in [-0.4, -0.2) is 86.5 Å². The zero-order valence-electron chi connectivity index (χ0n) is 17.2. The van der Waals surface area contributed by atoms with Crippen LogP contribution in [0, 0.1) is 0 Å². The highest BCUT2D eigenvalue weighted by Gasteiger charge is 2.39. The summed E-state index contributed by atoms with van der Waals surface area (Å²) < 4.78 is 4.95. The van der Waals surface area contributed by atoms with Gasteiger partial charge in [-0.05, 0) is 57.7 Å². The van der Waals surface area contributed by atoms with Crippen molar-refractivity contribution in [2.45, 2.75) is 25.8 Å². The van der Waals surface area contributed by atoms with Crippen molar-refractivity contribution in [3.8, 4) is 0 Å². The third kappa shape index (κ3) is 5.41. The van der Waals surface area contributed by atoms with Crippen LogP contribution in [-0.2, 0) is 14.3 Å². The van der Waals surface area contributed by atoms with Gasteiger partial charge in [-0.1, -0.05) is 0 Å². The molecule has 29 heavy (non-hydrogen) atoms. The van der Waals surface area contributed by atoms with E-state index in [9.17, 15) is 14.4 Å². The number of ether oxygens (including phenoxy) is 1. The number of likely N-dealkylation sites (N-methyl/N-ethyl adjacent to an activating group) is 1. The van der Waals surface area contributed by atoms with Crippen molar-refractivity contribution in [2.24, 2.45) is 0 Å². The summed E-state index contributed by atoms with van der Waals surface area (Å²) in [5.41, 5.74) is 0.878. The van der Waals surface area contributed by atoms with Crippen molar-refractivity contribution >= 4 is 23.5 Å². The first-order valence-electron chi connectivity index (χ1n) is 10.3. The standard InChI is InChI=1S/C21H30N4O4/c1-3-29-21(28)16-5-7-17(8-6-16)25-19(26)15-18(20(25)27)22-9-4-10-24-13-11-23(2)12-14-24/h5-8,18,22H,3-4,9-15H2,1-2H3. The molecule has 2 amide bonds. The van der Waals surface area contributed by atoms with Gasteiger partial charge in [-0.25, -0.2) is 9.69 Å². The lowest BCUT2D eigenvalue weighted by Crippen LogP contribution is -2.45. The molecule has 158 valence electrons. The smallest absolute Gasteiger partial charge is 0.338 e. The molecule has 0 aliphatic carbocycles. The molecule has 1 aromatic carbocycles. The molecule has 0 saturated carbocycles. The Morgan fingerprint density at radius 1 is 1.14 bits per heavy atom. The SMILES string of the molecule is CCOC(=O)c1ccc(N2C(=O)CC(NCCCN3CCN(C)CC3)C2=O)cc1. The third-order valence-corrected chi connectivity index (χ3v) is 5.42. The van der Waals surface area contributed by atoms with Crippen LogP contribution >= 0.6 is 0 Å². The van der Waals surface area contributed by atoms with Crippen molar-refractivity contribution < 1.29 is 19.1 Å². The molecule has 0 bridgehead atoms. The van der Waals surface area contributed by atoms with Gasteiger partial charge in [-0.2, -0.15) is 0 Å². The van der Waals surface area contributed by atoms with E-state index in [1.807, 2.05) is 0 Å². The van der Waals surface area contributed by atoms with Crippen molar-refractivity contribution in [3.63, 3.8) is 0 Å². The summed E-state index contributed by atoms with van der Waals surface area (Å²) in [6, 6.07) is 5.88. The fourth-order valence-electron chi connectivity index (χ4n) is 3.67. The molecule has 0 aromatic heterocycles. The number of nitrogens with one attached hydrogen (secondary N) is 1. The molecule has 2 saturated heterocycles.